The van der Waals surface area contributed by atoms with Crippen molar-refractivity contribution in [2.24, 2.45) is 0 Å². The van der Waals surface area contributed by atoms with Gasteiger partial charge in [0, 0.05) is 29.2 Å². The van der Waals surface area contributed by atoms with E-state index in [1.165, 1.54) is 12.2 Å². The average molecular weight is 624 g/mol. The summed E-state index contributed by atoms with van der Waals surface area (Å²) in [7, 11) is -0.459. The normalized spacial score (nSPS) is 16.2. The maximum Gasteiger partial charge on any atom is 0.494 e. The van der Waals surface area contributed by atoms with Gasteiger partial charge in [0.05, 0.1) is 11.2 Å². The first-order valence-corrected chi connectivity index (χ1v) is 15.6. The minimum absolute atomic E-state index is 0.388. The van der Waals surface area contributed by atoms with Gasteiger partial charge in [0.1, 0.15) is 11.2 Å². The second-order valence-corrected chi connectivity index (χ2v) is 14.4. The molecule has 0 unspecified atom stereocenters. The number of nitrogens with zero attached hydrogens (tertiary/aromatic N) is 1. The molecule has 1 fully saturated rings. The van der Waals surface area contributed by atoms with Gasteiger partial charge in [-0.3, -0.25) is 0 Å². The number of esters is 2. The predicted molar refractivity (Wildman–Crippen MR) is 187 cm³/mol. The largest absolute Gasteiger partial charge is 0.494 e. The van der Waals surface area contributed by atoms with Crippen LogP contribution in [0.5, 0.6) is 0 Å². The van der Waals surface area contributed by atoms with Crippen molar-refractivity contribution >= 4 is 53.7 Å². The van der Waals surface area contributed by atoms with Crippen molar-refractivity contribution in [1.29, 1.82) is 0 Å². The van der Waals surface area contributed by atoms with Crippen molar-refractivity contribution in [2.75, 3.05) is 4.90 Å². The third-order valence-electron chi connectivity index (χ3n) is 7.62. The topological polar surface area (TPSA) is 74.3 Å². The molecule has 0 aromatic heterocycles. The molecule has 1 aliphatic rings. The molecular formula is C38H46BNO6. The van der Waals surface area contributed by atoms with Gasteiger partial charge in [0.2, 0.25) is 0 Å². The minimum Gasteiger partial charge on any atom is -0.457 e. The van der Waals surface area contributed by atoms with Crippen LogP contribution in [0.15, 0.2) is 84.9 Å². The molecule has 0 amide bonds. The number of rotatable bonds is 8. The van der Waals surface area contributed by atoms with Crippen molar-refractivity contribution in [3.05, 3.63) is 96.1 Å². The molecule has 3 aromatic carbocycles. The van der Waals surface area contributed by atoms with E-state index in [0.29, 0.717) is 0 Å². The fourth-order valence-electron chi connectivity index (χ4n) is 4.68. The van der Waals surface area contributed by atoms with Crippen LogP contribution in [-0.4, -0.2) is 41.5 Å². The van der Waals surface area contributed by atoms with Crippen LogP contribution in [0, 0.1) is 0 Å². The summed E-state index contributed by atoms with van der Waals surface area (Å²) in [5.74, 6) is -0.776. The number of anilines is 3. The Hall–Kier alpha value is -4.14. The summed E-state index contributed by atoms with van der Waals surface area (Å²) >= 11 is 0. The number of carbonyl (C=O) groups excluding carboxylic acids is 2. The standard InChI is InChI=1S/C38H46BNO6/c1-35(2,3)43-33(41)25-15-27-11-19-30(20-12-27)40(31-21-13-28(14-22-31)16-26-34(42)44-36(4,5)6)32-23-17-29(18-24-32)39-45-37(7,8)38(9,10)46-39/h11-26H,1-10H3. The Labute approximate surface area is 274 Å². The van der Waals surface area contributed by atoms with Gasteiger partial charge < -0.3 is 23.7 Å². The van der Waals surface area contributed by atoms with Gasteiger partial charge in [0.15, 0.2) is 0 Å². The first kappa shape index (κ1) is 34.7. The third kappa shape index (κ3) is 9.21. The molecule has 0 spiro atoms. The number of hydrogen-bond acceptors (Lipinski definition) is 7. The van der Waals surface area contributed by atoms with E-state index in [1.54, 1.807) is 12.2 Å². The van der Waals surface area contributed by atoms with Gasteiger partial charge >= 0.3 is 19.1 Å². The molecule has 46 heavy (non-hydrogen) atoms. The van der Waals surface area contributed by atoms with Gasteiger partial charge in [-0.1, -0.05) is 36.4 Å². The molecule has 1 aliphatic heterocycles. The molecule has 8 heteroatoms. The number of benzene rings is 3. The molecule has 1 saturated heterocycles. The van der Waals surface area contributed by atoms with E-state index in [4.69, 9.17) is 18.8 Å². The molecule has 0 bridgehead atoms. The van der Waals surface area contributed by atoms with E-state index in [-0.39, 0.29) is 11.9 Å². The molecule has 0 radical (unpaired) electrons. The summed E-state index contributed by atoms with van der Waals surface area (Å²) in [6.07, 6.45) is 6.37. The Bertz CT molecular complexity index is 1480. The van der Waals surface area contributed by atoms with Crippen molar-refractivity contribution in [3.63, 3.8) is 0 Å². The summed E-state index contributed by atoms with van der Waals surface area (Å²) in [6, 6.07) is 24.0. The Kier molecular flexibility index (Phi) is 10.0. The Morgan fingerprint density at radius 1 is 0.609 bits per heavy atom. The number of ether oxygens (including phenoxy) is 2. The van der Waals surface area contributed by atoms with E-state index < -0.39 is 29.5 Å². The molecule has 0 saturated carbocycles. The second kappa shape index (κ2) is 13.3. The van der Waals surface area contributed by atoms with E-state index in [2.05, 4.69) is 4.90 Å². The smallest absolute Gasteiger partial charge is 0.457 e. The van der Waals surface area contributed by atoms with Gasteiger partial charge in [-0.2, -0.15) is 0 Å². The number of hydrogen-bond donors (Lipinski definition) is 0. The molecule has 7 nitrogen and oxygen atoms in total. The maximum absolute atomic E-state index is 12.2. The fourth-order valence-corrected chi connectivity index (χ4v) is 4.68. The van der Waals surface area contributed by atoms with Crippen molar-refractivity contribution in [2.45, 2.75) is 91.6 Å². The minimum atomic E-state index is -0.551. The number of carbonyl (C=O) groups is 2. The summed E-state index contributed by atoms with van der Waals surface area (Å²) in [6.45, 7) is 19.2. The zero-order chi connectivity index (χ0) is 33.9. The maximum atomic E-state index is 12.2. The van der Waals surface area contributed by atoms with Crippen LogP contribution in [0.2, 0.25) is 0 Å². The molecule has 0 N–H and O–H groups in total. The third-order valence-corrected chi connectivity index (χ3v) is 7.62. The first-order valence-electron chi connectivity index (χ1n) is 15.6. The van der Waals surface area contributed by atoms with Crippen LogP contribution in [-0.2, 0) is 28.4 Å². The molecule has 3 aromatic rings. The zero-order valence-corrected chi connectivity index (χ0v) is 28.7. The monoisotopic (exact) mass is 623 g/mol. The highest BCUT2D eigenvalue weighted by molar-refractivity contribution is 6.62. The zero-order valence-electron chi connectivity index (χ0n) is 28.7. The highest BCUT2D eigenvalue weighted by Gasteiger charge is 2.51. The van der Waals surface area contributed by atoms with Crippen LogP contribution < -0.4 is 10.4 Å². The highest BCUT2D eigenvalue weighted by atomic mass is 16.7. The van der Waals surface area contributed by atoms with Gasteiger partial charge in [0.25, 0.3) is 0 Å². The summed E-state index contributed by atoms with van der Waals surface area (Å²) in [4.78, 5) is 26.5. The lowest BCUT2D eigenvalue weighted by molar-refractivity contribution is -0.149. The van der Waals surface area contributed by atoms with Gasteiger partial charge in [-0.25, -0.2) is 9.59 Å². The lowest BCUT2D eigenvalue weighted by atomic mass is 9.79. The van der Waals surface area contributed by atoms with Crippen LogP contribution in [0.3, 0.4) is 0 Å². The van der Waals surface area contributed by atoms with Crippen LogP contribution in [0.4, 0.5) is 17.1 Å². The Balaban J connectivity index is 1.62. The van der Waals surface area contributed by atoms with Gasteiger partial charge in [-0.15, -0.1) is 0 Å². The summed E-state index contributed by atoms with van der Waals surface area (Å²) < 4.78 is 23.3. The van der Waals surface area contributed by atoms with Crippen LogP contribution in [0.25, 0.3) is 12.2 Å². The summed E-state index contributed by atoms with van der Waals surface area (Å²) in [5.41, 5.74) is 3.51. The lowest BCUT2D eigenvalue weighted by Gasteiger charge is -2.32. The fraction of sp³-hybridized carbons (Fsp3) is 0.368. The predicted octanol–water partition coefficient (Wildman–Crippen LogP) is 8.17. The Morgan fingerprint density at radius 3 is 1.26 bits per heavy atom. The molecular weight excluding hydrogens is 577 g/mol. The van der Waals surface area contributed by atoms with E-state index in [9.17, 15) is 9.59 Å². The van der Waals surface area contributed by atoms with Crippen LogP contribution >= 0.6 is 0 Å². The van der Waals surface area contributed by atoms with E-state index >= 15 is 0 Å². The van der Waals surface area contributed by atoms with Crippen molar-refractivity contribution < 1.29 is 28.4 Å². The van der Waals surface area contributed by atoms with Crippen molar-refractivity contribution in [3.8, 4) is 0 Å². The van der Waals surface area contributed by atoms with E-state index in [0.717, 1.165) is 33.7 Å². The molecule has 4 rings (SSSR count). The molecule has 0 aliphatic carbocycles. The lowest BCUT2D eigenvalue weighted by Crippen LogP contribution is -2.41. The summed E-state index contributed by atoms with van der Waals surface area (Å²) in [5, 5.41) is 0. The van der Waals surface area contributed by atoms with Crippen molar-refractivity contribution in [1.82, 2.24) is 0 Å². The molecule has 0 atom stereocenters. The molecule has 1 heterocycles. The SMILES string of the molecule is CC(C)(C)OC(=O)C=Cc1ccc(N(c2ccc(C=CC(=O)OC(C)(C)C)cc2)c2ccc(B3OC(C)(C)C(C)(C)O3)cc2)cc1. The average Bonchev–Trinajstić information content (AvgIpc) is 3.17. The van der Waals surface area contributed by atoms with E-state index in [1.807, 2.05) is 142 Å². The Morgan fingerprint density at radius 2 is 0.935 bits per heavy atom. The molecule has 242 valence electrons. The highest BCUT2D eigenvalue weighted by Crippen LogP contribution is 2.38. The second-order valence-electron chi connectivity index (χ2n) is 14.4. The quantitative estimate of drug-likeness (QED) is 0.142. The van der Waals surface area contributed by atoms with Crippen LogP contribution in [0.1, 0.15) is 80.4 Å². The first-order chi connectivity index (χ1) is 21.3. The van der Waals surface area contributed by atoms with Gasteiger partial charge in [-0.05, 0) is 134 Å².